The molecule has 1 aromatic heterocycles. The molecule has 32 heavy (non-hydrogen) atoms. The molecule has 0 bridgehead atoms. The highest BCUT2D eigenvalue weighted by Gasteiger charge is 2.25. The van der Waals surface area contributed by atoms with Crippen LogP contribution in [0.4, 0.5) is 4.39 Å². The second-order valence-corrected chi connectivity index (χ2v) is 8.49. The fourth-order valence-electron chi connectivity index (χ4n) is 4.26. The van der Waals surface area contributed by atoms with Crippen LogP contribution in [0.25, 0.3) is 0 Å². The zero-order valence-electron chi connectivity index (χ0n) is 18.5. The number of amides is 1. The SMILES string of the molecule is Cc1cccc(Cc2ccc(C3CCCN(C(=O)CCOc4cccc(F)c4)C3)nc2)c1. The van der Waals surface area contributed by atoms with E-state index in [4.69, 9.17) is 9.72 Å². The maximum absolute atomic E-state index is 13.2. The van der Waals surface area contributed by atoms with E-state index in [0.717, 1.165) is 31.5 Å². The fraction of sp³-hybridized carbons (Fsp3) is 0.333. The van der Waals surface area contributed by atoms with Crippen molar-refractivity contribution in [2.24, 2.45) is 0 Å². The number of rotatable bonds is 7. The van der Waals surface area contributed by atoms with Crippen molar-refractivity contribution in [1.29, 1.82) is 0 Å². The van der Waals surface area contributed by atoms with Crippen LogP contribution in [-0.4, -0.2) is 35.5 Å². The molecule has 0 radical (unpaired) electrons. The number of aromatic nitrogens is 1. The van der Waals surface area contributed by atoms with Crippen molar-refractivity contribution in [3.8, 4) is 5.75 Å². The number of carbonyl (C=O) groups excluding carboxylic acids is 1. The predicted molar refractivity (Wildman–Crippen MR) is 123 cm³/mol. The zero-order valence-corrected chi connectivity index (χ0v) is 18.5. The Bertz CT molecular complexity index is 1050. The van der Waals surface area contributed by atoms with Crippen LogP contribution in [-0.2, 0) is 11.2 Å². The van der Waals surface area contributed by atoms with E-state index in [-0.39, 0.29) is 30.7 Å². The third kappa shape index (κ3) is 5.94. The van der Waals surface area contributed by atoms with Crippen molar-refractivity contribution < 1.29 is 13.9 Å². The molecule has 1 fully saturated rings. The molecule has 1 atom stereocenters. The monoisotopic (exact) mass is 432 g/mol. The summed E-state index contributed by atoms with van der Waals surface area (Å²) in [6.45, 7) is 3.80. The van der Waals surface area contributed by atoms with Gasteiger partial charge in [-0.2, -0.15) is 0 Å². The summed E-state index contributed by atoms with van der Waals surface area (Å²) in [5, 5.41) is 0. The molecular formula is C27H29FN2O2. The van der Waals surface area contributed by atoms with Gasteiger partial charge in [-0.3, -0.25) is 9.78 Å². The number of carbonyl (C=O) groups is 1. The van der Waals surface area contributed by atoms with Crippen molar-refractivity contribution in [2.75, 3.05) is 19.7 Å². The minimum Gasteiger partial charge on any atom is -0.493 e. The van der Waals surface area contributed by atoms with E-state index in [0.29, 0.717) is 12.3 Å². The quantitative estimate of drug-likeness (QED) is 0.509. The minimum atomic E-state index is -0.343. The van der Waals surface area contributed by atoms with Crippen LogP contribution >= 0.6 is 0 Å². The van der Waals surface area contributed by atoms with Gasteiger partial charge in [-0.25, -0.2) is 4.39 Å². The Balaban J connectivity index is 1.29. The first-order chi connectivity index (χ1) is 15.6. The molecule has 0 N–H and O–H groups in total. The molecule has 2 aromatic carbocycles. The molecule has 0 spiro atoms. The second kappa shape index (κ2) is 10.4. The Morgan fingerprint density at radius 3 is 2.78 bits per heavy atom. The summed E-state index contributed by atoms with van der Waals surface area (Å²) in [6, 6.07) is 18.8. The maximum atomic E-state index is 13.2. The van der Waals surface area contributed by atoms with E-state index in [1.165, 1.54) is 28.8 Å². The third-order valence-corrected chi connectivity index (χ3v) is 5.91. The van der Waals surface area contributed by atoms with Crippen molar-refractivity contribution in [3.63, 3.8) is 0 Å². The largest absolute Gasteiger partial charge is 0.493 e. The van der Waals surface area contributed by atoms with Crippen LogP contribution < -0.4 is 4.74 Å². The lowest BCUT2D eigenvalue weighted by Gasteiger charge is -2.32. The number of benzene rings is 2. The van der Waals surface area contributed by atoms with Crippen LogP contribution in [0.5, 0.6) is 5.75 Å². The van der Waals surface area contributed by atoms with Gasteiger partial charge in [0.05, 0.1) is 13.0 Å². The van der Waals surface area contributed by atoms with E-state index in [2.05, 4.69) is 43.3 Å². The van der Waals surface area contributed by atoms with Gasteiger partial charge in [-0.05, 0) is 55.5 Å². The predicted octanol–water partition coefficient (Wildman–Crippen LogP) is 5.30. The maximum Gasteiger partial charge on any atom is 0.226 e. The number of ether oxygens (including phenoxy) is 1. The number of hydrogen-bond donors (Lipinski definition) is 0. The summed E-state index contributed by atoms with van der Waals surface area (Å²) in [4.78, 5) is 19.3. The average Bonchev–Trinajstić information content (AvgIpc) is 2.80. The Morgan fingerprint density at radius 2 is 2.00 bits per heavy atom. The van der Waals surface area contributed by atoms with Gasteiger partial charge >= 0.3 is 0 Å². The van der Waals surface area contributed by atoms with Gasteiger partial charge in [0.15, 0.2) is 0 Å². The van der Waals surface area contributed by atoms with Crippen LogP contribution in [0.1, 0.15) is 47.6 Å². The number of likely N-dealkylation sites (tertiary alicyclic amines) is 1. The molecule has 0 aliphatic carbocycles. The van der Waals surface area contributed by atoms with Gasteiger partial charge in [-0.1, -0.05) is 42.0 Å². The second-order valence-electron chi connectivity index (χ2n) is 8.49. The number of hydrogen-bond acceptors (Lipinski definition) is 3. The molecule has 5 heteroatoms. The van der Waals surface area contributed by atoms with Gasteiger partial charge in [0.25, 0.3) is 0 Å². The van der Waals surface area contributed by atoms with E-state index in [1.807, 2.05) is 11.1 Å². The first-order valence-corrected chi connectivity index (χ1v) is 11.2. The summed E-state index contributed by atoms with van der Waals surface area (Å²) in [5.74, 6) is 0.432. The highest BCUT2D eigenvalue weighted by molar-refractivity contribution is 5.76. The highest BCUT2D eigenvalue weighted by atomic mass is 19.1. The average molecular weight is 433 g/mol. The van der Waals surface area contributed by atoms with Crippen LogP contribution in [0.3, 0.4) is 0 Å². The number of nitrogens with zero attached hydrogens (tertiary/aromatic N) is 2. The van der Waals surface area contributed by atoms with Crippen molar-refractivity contribution in [1.82, 2.24) is 9.88 Å². The van der Waals surface area contributed by atoms with E-state index in [1.54, 1.807) is 12.1 Å². The molecule has 0 saturated carbocycles. The summed E-state index contributed by atoms with van der Waals surface area (Å²) < 4.78 is 18.8. The zero-order chi connectivity index (χ0) is 22.3. The standard InChI is InChI=1S/C27H29FN2O2/c1-20-5-2-6-21(15-20)16-22-10-11-26(29-18-22)23-7-4-13-30(19-23)27(31)12-14-32-25-9-3-8-24(28)17-25/h2-3,5-6,8-11,15,17-18,23H,4,7,12-14,16,19H2,1H3. The molecule has 1 saturated heterocycles. The van der Waals surface area contributed by atoms with E-state index >= 15 is 0 Å². The number of pyridine rings is 1. The molecule has 3 aromatic rings. The van der Waals surface area contributed by atoms with Crippen LogP contribution in [0, 0.1) is 12.7 Å². The Hall–Kier alpha value is -3.21. The van der Waals surface area contributed by atoms with Crippen molar-refractivity contribution in [3.05, 3.63) is 95.1 Å². The molecule has 166 valence electrons. The van der Waals surface area contributed by atoms with Gasteiger partial charge in [0.2, 0.25) is 5.91 Å². The molecule has 4 rings (SSSR count). The van der Waals surface area contributed by atoms with Gasteiger partial charge in [-0.15, -0.1) is 0 Å². The first-order valence-electron chi connectivity index (χ1n) is 11.2. The highest BCUT2D eigenvalue weighted by Crippen LogP contribution is 2.26. The Labute approximate surface area is 189 Å². The molecule has 1 aliphatic heterocycles. The smallest absolute Gasteiger partial charge is 0.226 e. The third-order valence-electron chi connectivity index (χ3n) is 5.91. The van der Waals surface area contributed by atoms with Crippen molar-refractivity contribution >= 4 is 5.91 Å². The number of piperidine rings is 1. The van der Waals surface area contributed by atoms with Gasteiger partial charge in [0.1, 0.15) is 11.6 Å². The first kappa shape index (κ1) is 22.0. The fourth-order valence-corrected chi connectivity index (χ4v) is 4.26. The summed E-state index contributed by atoms with van der Waals surface area (Å²) in [7, 11) is 0. The van der Waals surface area contributed by atoms with E-state index in [9.17, 15) is 9.18 Å². The van der Waals surface area contributed by atoms with Gasteiger partial charge < -0.3 is 9.64 Å². The lowest BCUT2D eigenvalue weighted by atomic mass is 9.93. The number of halogens is 1. The number of aryl methyl sites for hydroxylation is 1. The molecule has 1 unspecified atom stereocenters. The van der Waals surface area contributed by atoms with E-state index < -0.39 is 0 Å². The molecule has 4 nitrogen and oxygen atoms in total. The summed E-state index contributed by atoms with van der Waals surface area (Å²) in [5.41, 5.74) is 4.79. The molecule has 1 amide bonds. The summed E-state index contributed by atoms with van der Waals surface area (Å²) >= 11 is 0. The minimum absolute atomic E-state index is 0.0715. The summed E-state index contributed by atoms with van der Waals surface area (Å²) in [6.07, 6.45) is 5.12. The molecular weight excluding hydrogens is 403 g/mol. The topological polar surface area (TPSA) is 42.4 Å². The van der Waals surface area contributed by atoms with Crippen LogP contribution in [0.15, 0.2) is 66.9 Å². The Kier molecular flexibility index (Phi) is 7.15. The molecule has 2 heterocycles. The lowest BCUT2D eigenvalue weighted by molar-refractivity contribution is -0.132. The van der Waals surface area contributed by atoms with Crippen molar-refractivity contribution in [2.45, 2.75) is 38.5 Å². The molecule has 1 aliphatic rings. The normalized spacial score (nSPS) is 16.1. The Morgan fingerprint density at radius 1 is 1.12 bits per heavy atom. The lowest BCUT2D eigenvalue weighted by Crippen LogP contribution is -2.39. The van der Waals surface area contributed by atoms with Gasteiger partial charge in [0, 0.05) is 37.0 Å². The van der Waals surface area contributed by atoms with Crippen LogP contribution in [0.2, 0.25) is 0 Å².